The van der Waals surface area contributed by atoms with Crippen LogP contribution in [0.2, 0.25) is 5.02 Å². The van der Waals surface area contributed by atoms with Crippen molar-refractivity contribution in [3.8, 4) is 17.1 Å². The molecule has 0 radical (unpaired) electrons. The molecule has 4 rings (SSSR count). The second-order valence-electron chi connectivity index (χ2n) is 6.58. The van der Waals surface area contributed by atoms with Crippen molar-refractivity contribution in [2.45, 2.75) is 31.3 Å². The number of hydrogen-bond donors (Lipinski definition) is 0. The standard InChI is InChI=1S/C22H21ClN4OS/c1-4-27-21(15-9-11-16(28-3)12-10-15)25-26-22(27)29-13-19-20(23)14(2)17-7-5-6-8-18(17)24-19/h5-12H,4,13H2,1-3H3. The van der Waals surface area contributed by atoms with Crippen LogP contribution in [0.3, 0.4) is 0 Å². The SMILES string of the molecule is CCn1c(SCc2nc3ccccc3c(C)c2Cl)nnc1-c1ccc(OC)cc1. The van der Waals surface area contributed by atoms with Crippen LogP contribution in [0.15, 0.2) is 53.7 Å². The number of thioether (sulfide) groups is 1. The summed E-state index contributed by atoms with van der Waals surface area (Å²) in [5.74, 6) is 2.29. The summed E-state index contributed by atoms with van der Waals surface area (Å²) in [7, 11) is 1.66. The third-order valence-electron chi connectivity index (χ3n) is 4.87. The molecule has 7 heteroatoms. The number of ether oxygens (including phenoxy) is 1. The molecule has 0 N–H and O–H groups in total. The first-order chi connectivity index (χ1) is 14.1. The molecule has 0 amide bonds. The van der Waals surface area contributed by atoms with Crippen molar-refractivity contribution < 1.29 is 4.74 Å². The first-order valence-corrected chi connectivity index (χ1v) is 10.7. The van der Waals surface area contributed by atoms with Crippen molar-refractivity contribution >= 4 is 34.3 Å². The van der Waals surface area contributed by atoms with Gasteiger partial charge in [0, 0.05) is 23.2 Å². The molecule has 2 heterocycles. The van der Waals surface area contributed by atoms with Crippen molar-refractivity contribution in [1.29, 1.82) is 0 Å². The lowest BCUT2D eigenvalue weighted by Crippen LogP contribution is -2.01. The first kappa shape index (κ1) is 19.7. The van der Waals surface area contributed by atoms with Crippen LogP contribution in [-0.2, 0) is 12.3 Å². The monoisotopic (exact) mass is 424 g/mol. The number of methoxy groups -OCH3 is 1. The molecule has 5 nitrogen and oxygen atoms in total. The number of aryl methyl sites for hydroxylation is 1. The maximum atomic E-state index is 6.61. The Hall–Kier alpha value is -2.57. The predicted molar refractivity (Wildman–Crippen MR) is 119 cm³/mol. The zero-order chi connectivity index (χ0) is 20.4. The van der Waals surface area contributed by atoms with E-state index in [4.69, 9.17) is 21.3 Å². The third-order valence-corrected chi connectivity index (χ3v) is 6.34. The van der Waals surface area contributed by atoms with Crippen LogP contribution in [-0.4, -0.2) is 26.9 Å². The summed E-state index contributed by atoms with van der Waals surface area (Å²) in [6.07, 6.45) is 0. The van der Waals surface area contributed by atoms with Crippen LogP contribution >= 0.6 is 23.4 Å². The number of para-hydroxylation sites is 1. The molecule has 2 aromatic heterocycles. The fraction of sp³-hybridized carbons (Fsp3) is 0.227. The van der Waals surface area contributed by atoms with E-state index in [9.17, 15) is 0 Å². The largest absolute Gasteiger partial charge is 0.497 e. The molecule has 29 heavy (non-hydrogen) atoms. The lowest BCUT2D eigenvalue weighted by Gasteiger charge is -2.11. The Morgan fingerprint density at radius 1 is 1.07 bits per heavy atom. The number of aromatic nitrogens is 4. The lowest BCUT2D eigenvalue weighted by atomic mass is 10.1. The van der Waals surface area contributed by atoms with E-state index in [0.29, 0.717) is 10.8 Å². The van der Waals surface area contributed by atoms with E-state index in [2.05, 4.69) is 27.8 Å². The van der Waals surface area contributed by atoms with Crippen molar-refractivity contribution in [1.82, 2.24) is 19.7 Å². The molecule has 0 fully saturated rings. The van der Waals surface area contributed by atoms with Gasteiger partial charge in [-0.2, -0.15) is 0 Å². The number of hydrogen-bond acceptors (Lipinski definition) is 5. The van der Waals surface area contributed by atoms with Gasteiger partial charge in [-0.25, -0.2) is 0 Å². The second-order valence-corrected chi connectivity index (χ2v) is 7.90. The Labute approximate surface area is 179 Å². The molecule has 0 aliphatic carbocycles. The van der Waals surface area contributed by atoms with Crippen LogP contribution in [0.5, 0.6) is 5.75 Å². The van der Waals surface area contributed by atoms with Crippen LogP contribution in [0.4, 0.5) is 0 Å². The molecule has 0 aliphatic heterocycles. The highest BCUT2D eigenvalue weighted by molar-refractivity contribution is 7.98. The fourth-order valence-corrected chi connectivity index (χ4v) is 4.51. The normalized spacial score (nSPS) is 11.2. The van der Waals surface area contributed by atoms with E-state index in [1.54, 1.807) is 18.9 Å². The molecule has 0 atom stereocenters. The number of halogens is 1. The Kier molecular flexibility index (Phi) is 5.74. The van der Waals surface area contributed by atoms with Gasteiger partial charge in [0.05, 0.1) is 23.3 Å². The molecule has 2 aromatic carbocycles. The molecule has 0 saturated carbocycles. The molecule has 0 unspecified atom stereocenters. The van der Waals surface area contributed by atoms with Crippen molar-refractivity contribution in [2.24, 2.45) is 0 Å². The van der Waals surface area contributed by atoms with E-state index in [1.165, 1.54) is 0 Å². The summed E-state index contributed by atoms with van der Waals surface area (Å²) in [6.45, 7) is 4.90. The molecular formula is C22H21ClN4OS. The molecule has 4 aromatic rings. The van der Waals surface area contributed by atoms with Gasteiger partial charge in [0.2, 0.25) is 0 Å². The maximum Gasteiger partial charge on any atom is 0.191 e. The summed E-state index contributed by atoms with van der Waals surface area (Å²) >= 11 is 8.21. The Morgan fingerprint density at radius 2 is 1.83 bits per heavy atom. The molecular weight excluding hydrogens is 404 g/mol. The molecule has 0 bridgehead atoms. The van der Waals surface area contributed by atoms with Crippen LogP contribution in [0, 0.1) is 6.92 Å². The topological polar surface area (TPSA) is 52.8 Å². The Morgan fingerprint density at radius 3 is 2.55 bits per heavy atom. The van der Waals surface area contributed by atoms with Gasteiger partial charge in [-0.3, -0.25) is 4.98 Å². The average molecular weight is 425 g/mol. The van der Waals surface area contributed by atoms with Gasteiger partial charge < -0.3 is 9.30 Å². The quantitative estimate of drug-likeness (QED) is 0.367. The summed E-state index contributed by atoms with van der Waals surface area (Å²) in [5, 5.41) is 11.5. The summed E-state index contributed by atoms with van der Waals surface area (Å²) < 4.78 is 7.34. The molecule has 148 valence electrons. The second kappa shape index (κ2) is 8.43. The van der Waals surface area contributed by atoms with Gasteiger partial charge in [-0.15, -0.1) is 10.2 Å². The van der Waals surface area contributed by atoms with Crippen LogP contribution < -0.4 is 4.74 Å². The summed E-state index contributed by atoms with van der Waals surface area (Å²) in [6, 6.07) is 15.9. The van der Waals surface area contributed by atoms with E-state index in [1.807, 2.05) is 49.4 Å². The van der Waals surface area contributed by atoms with Gasteiger partial charge in [0.15, 0.2) is 11.0 Å². The number of benzene rings is 2. The van der Waals surface area contributed by atoms with Crippen molar-refractivity contribution in [3.63, 3.8) is 0 Å². The maximum absolute atomic E-state index is 6.61. The highest BCUT2D eigenvalue weighted by atomic mass is 35.5. The first-order valence-electron chi connectivity index (χ1n) is 9.36. The summed E-state index contributed by atoms with van der Waals surface area (Å²) in [5.41, 5.74) is 3.89. The summed E-state index contributed by atoms with van der Waals surface area (Å²) in [4.78, 5) is 4.77. The van der Waals surface area contributed by atoms with E-state index in [0.717, 1.165) is 51.0 Å². The zero-order valence-electron chi connectivity index (χ0n) is 16.5. The highest BCUT2D eigenvalue weighted by Gasteiger charge is 2.16. The predicted octanol–water partition coefficient (Wildman–Crippen LogP) is 5.78. The van der Waals surface area contributed by atoms with Crippen LogP contribution in [0.25, 0.3) is 22.3 Å². The van der Waals surface area contributed by atoms with Crippen molar-refractivity contribution in [3.05, 3.63) is 64.8 Å². The minimum atomic E-state index is 0.630. The van der Waals surface area contributed by atoms with Gasteiger partial charge in [-0.1, -0.05) is 41.6 Å². The fourth-order valence-electron chi connectivity index (χ4n) is 3.28. The van der Waals surface area contributed by atoms with Crippen LogP contribution in [0.1, 0.15) is 18.2 Å². The minimum Gasteiger partial charge on any atom is -0.497 e. The Bertz CT molecular complexity index is 1160. The average Bonchev–Trinajstić information content (AvgIpc) is 3.18. The molecule has 0 aliphatic rings. The van der Waals surface area contributed by atoms with E-state index >= 15 is 0 Å². The smallest absolute Gasteiger partial charge is 0.191 e. The van der Waals surface area contributed by atoms with Gasteiger partial charge >= 0.3 is 0 Å². The molecule has 0 spiro atoms. The number of nitrogens with zero attached hydrogens (tertiary/aromatic N) is 4. The number of pyridine rings is 1. The zero-order valence-corrected chi connectivity index (χ0v) is 18.1. The van der Waals surface area contributed by atoms with Gasteiger partial charge in [-0.05, 0) is 49.7 Å². The Balaban J connectivity index is 1.61. The number of rotatable bonds is 6. The minimum absolute atomic E-state index is 0.630. The van der Waals surface area contributed by atoms with E-state index in [-0.39, 0.29) is 0 Å². The van der Waals surface area contributed by atoms with Gasteiger partial charge in [0.25, 0.3) is 0 Å². The van der Waals surface area contributed by atoms with Crippen molar-refractivity contribution in [2.75, 3.05) is 7.11 Å². The highest BCUT2D eigenvalue weighted by Crippen LogP contribution is 2.32. The third kappa shape index (κ3) is 3.82. The van der Waals surface area contributed by atoms with E-state index < -0.39 is 0 Å². The lowest BCUT2D eigenvalue weighted by molar-refractivity contribution is 0.415. The molecule has 0 saturated heterocycles. The number of fused-ring (bicyclic) bond motifs is 1. The van der Waals surface area contributed by atoms with Gasteiger partial charge in [0.1, 0.15) is 5.75 Å².